The lowest BCUT2D eigenvalue weighted by molar-refractivity contribution is -0.123. The molecule has 7 nitrogen and oxygen atoms in total. The normalized spacial score (nSPS) is 22.4. The zero-order chi connectivity index (χ0) is 20.4. The molecule has 2 N–H and O–H groups in total. The number of hydrogen-bond acceptors (Lipinski definition) is 5. The summed E-state index contributed by atoms with van der Waals surface area (Å²) in [5.74, 6) is 0.583. The fourth-order valence-electron chi connectivity index (χ4n) is 3.84. The molecular weight excluding hydrogens is 366 g/mol. The summed E-state index contributed by atoms with van der Waals surface area (Å²) >= 11 is 0. The van der Waals surface area contributed by atoms with Crippen LogP contribution in [0.1, 0.15) is 71.3 Å². The van der Waals surface area contributed by atoms with Crippen LogP contribution in [0, 0.1) is 25.2 Å². The summed E-state index contributed by atoms with van der Waals surface area (Å²) < 4.78 is 32.4. The Morgan fingerprint density at radius 2 is 1.85 bits per heavy atom. The first-order chi connectivity index (χ1) is 12.5. The zero-order valence-corrected chi connectivity index (χ0v) is 18.1. The number of nitrogens with zero attached hydrogens (tertiary/aromatic N) is 1. The van der Waals surface area contributed by atoms with Gasteiger partial charge in [0.05, 0.1) is 6.04 Å². The van der Waals surface area contributed by atoms with E-state index in [1.807, 2.05) is 0 Å². The number of carbonyl (C=O) groups is 1. The van der Waals surface area contributed by atoms with Crippen LogP contribution in [0.25, 0.3) is 0 Å². The Bertz CT molecular complexity index is 742. The van der Waals surface area contributed by atoms with Gasteiger partial charge in [-0.1, -0.05) is 32.3 Å². The van der Waals surface area contributed by atoms with Crippen LogP contribution >= 0.6 is 0 Å². The summed E-state index contributed by atoms with van der Waals surface area (Å²) in [5.41, 5.74) is 0.608. The second-order valence-corrected chi connectivity index (χ2v) is 10.0. The lowest BCUT2D eigenvalue weighted by atomic mass is 9.69. The molecule has 1 saturated carbocycles. The number of aromatic nitrogens is 1. The van der Waals surface area contributed by atoms with E-state index in [0.29, 0.717) is 11.3 Å². The van der Waals surface area contributed by atoms with Gasteiger partial charge < -0.3 is 9.84 Å². The number of hydrogen-bond donors (Lipinski definition) is 2. The highest BCUT2D eigenvalue weighted by Crippen LogP contribution is 2.40. The van der Waals surface area contributed by atoms with Crippen molar-refractivity contribution in [3.8, 4) is 0 Å². The predicted molar refractivity (Wildman–Crippen MR) is 104 cm³/mol. The van der Waals surface area contributed by atoms with Crippen molar-refractivity contribution in [3.63, 3.8) is 0 Å². The number of aryl methyl sites for hydroxylation is 2. The Labute approximate surface area is 162 Å². The van der Waals surface area contributed by atoms with Gasteiger partial charge in [0.1, 0.15) is 10.6 Å². The van der Waals surface area contributed by atoms with E-state index < -0.39 is 16.1 Å². The molecule has 0 unspecified atom stereocenters. The first-order valence-corrected chi connectivity index (χ1v) is 11.2. The SMILES string of the molecule is CCC(C)(C)C1CCC(NC(=O)[C@H](C)NS(=O)(=O)c2c(C)noc2C)CC1. The third-order valence-electron chi connectivity index (χ3n) is 6.05. The summed E-state index contributed by atoms with van der Waals surface area (Å²) in [7, 11) is -3.86. The maximum Gasteiger partial charge on any atom is 0.246 e. The molecule has 1 amide bonds. The Balaban J connectivity index is 1.92. The summed E-state index contributed by atoms with van der Waals surface area (Å²) in [4.78, 5) is 12.5. The van der Waals surface area contributed by atoms with Crippen molar-refractivity contribution in [2.75, 3.05) is 0 Å². The molecule has 1 fully saturated rings. The van der Waals surface area contributed by atoms with E-state index in [-0.39, 0.29) is 28.3 Å². The molecule has 0 aliphatic heterocycles. The molecule has 0 saturated heterocycles. The van der Waals surface area contributed by atoms with Gasteiger partial charge in [0.25, 0.3) is 0 Å². The molecule has 1 aliphatic rings. The van der Waals surface area contributed by atoms with E-state index in [9.17, 15) is 13.2 Å². The van der Waals surface area contributed by atoms with Crippen LogP contribution in [0.15, 0.2) is 9.42 Å². The Morgan fingerprint density at radius 3 is 2.33 bits per heavy atom. The van der Waals surface area contributed by atoms with Gasteiger partial charge in [0.15, 0.2) is 5.76 Å². The highest BCUT2D eigenvalue weighted by Gasteiger charge is 2.33. The molecule has 1 aliphatic carbocycles. The maximum absolute atomic E-state index is 12.5. The van der Waals surface area contributed by atoms with Crippen molar-refractivity contribution >= 4 is 15.9 Å². The third-order valence-corrected chi connectivity index (χ3v) is 7.84. The molecule has 0 radical (unpaired) electrons. The van der Waals surface area contributed by atoms with E-state index in [2.05, 4.69) is 36.0 Å². The third kappa shape index (κ3) is 5.10. The van der Waals surface area contributed by atoms with Crippen LogP contribution in [0.5, 0.6) is 0 Å². The molecule has 1 atom stereocenters. The topological polar surface area (TPSA) is 101 Å². The Kier molecular flexibility index (Phi) is 6.73. The van der Waals surface area contributed by atoms with Crippen LogP contribution in [0.3, 0.4) is 0 Å². The van der Waals surface area contributed by atoms with Crippen LogP contribution in [0.2, 0.25) is 0 Å². The van der Waals surface area contributed by atoms with Gasteiger partial charge in [-0.05, 0) is 57.8 Å². The van der Waals surface area contributed by atoms with Crippen molar-refractivity contribution in [1.82, 2.24) is 15.2 Å². The number of sulfonamides is 1. The minimum absolute atomic E-state index is 0.00413. The van der Waals surface area contributed by atoms with Crippen molar-refractivity contribution < 1.29 is 17.7 Å². The average molecular weight is 400 g/mol. The quantitative estimate of drug-likeness (QED) is 0.734. The molecule has 0 aromatic carbocycles. The number of nitrogens with one attached hydrogen (secondary N) is 2. The van der Waals surface area contributed by atoms with Crippen LogP contribution < -0.4 is 10.0 Å². The molecule has 154 valence electrons. The smallest absolute Gasteiger partial charge is 0.246 e. The lowest BCUT2D eigenvalue weighted by Gasteiger charge is -2.39. The number of amides is 1. The maximum atomic E-state index is 12.5. The predicted octanol–water partition coefficient (Wildman–Crippen LogP) is 3.07. The Hall–Kier alpha value is -1.41. The minimum atomic E-state index is -3.86. The standard InChI is InChI=1S/C19H33N3O4S/c1-7-19(5,6)15-8-10-16(11-9-15)20-18(23)13(3)22-27(24,25)17-12(2)21-26-14(17)4/h13,15-16,22H,7-11H2,1-6H3,(H,20,23)/t13-,15?,16?/m0/s1. The fraction of sp³-hybridized carbons (Fsp3) is 0.789. The van der Waals surface area contributed by atoms with Crippen LogP contribution in [-0.4, -0.2) is 31.6 Å². The molecule has 2 rings (SSSR count). The van der Waals surface area contributed by atoms with Crippen LogP contribution in [-0.2, 0) is 14.8 Å². The van der Waals surface area contributed by atoms with E-state index in [1.165, 1.54) is 6.92 Å². The Morgan fingerprint density at radius 1 is 1.26 bits per heavy atom. The molecule has 1 aromatic rings. The molecule has 0 bridgehead atoms. The van der Waals surface area contributed by atoms with Gasteiger partial charge in [-0.25, -0.2) is 8.42 Å². The lowest BCUT2D eigenvalue weighted by Crippen LogP contribution is -2.49. The number of carbonyl (C=O) groups excluding carboxylic acids is 1. The molecule has 27 heavy (non-hydrogen) atoms. The van der Waals surface area contributed by atoms with Crippen molar-refractivity contribution in [1.29, 1.82) is 0 Å². The van der Waals surface area contributed by atoms with Gasteiger partial charge in [0.2, 0.25) is 15.9 Å². The van der Waals surface area contributed by atoms with E-state index >= 15 is 0 Å². The highest BCUT2D eigenvalue weighted by atomic mass is 32.2. The monoisotopic (exact) mass is 399 g/mol. The van der Waals surface area contributed by atoms with Crippen molar-refractivity contribution in [2.45, 2.75) is 90.6 Å². The first-order valence-electron chi connectivity index (χ1n) is 9.73. The van der Waals surface area contributed by atoms with E-state index in [1.54, 1.807) is 13.8 Å². The highest BCUT2D eigenvalue weighted by molar-refractivity contribution is 7.89. The van der Waals surface area contributed by atoms with E-state index in [0.717, 1.165) is 32.1 Å². The first kappa shape index (κ1) is 21.9. The summed E-state index contributed by atoms with van der Waals surface area (Å²) in [6, 6.07) is -0.763. The number of rotatable bonds is 7. The fourth-order valence-corrected chi connectivity index (χ4v) is 5.37. The summed E-state index contributed by atoms with van der Waals surface area (Å²) in [5, 5.41) is 6.67. The molecule has 1 aromatic heterocycles. The summed E-state index contributed by atoms with van der Waals surface area (Å²) in [6.07, 6.45) is 5.19. The van der Waals surface area contributed by atoms with Crippen molar-refractivity contribution in [2.24, 2.45) is 11.3 Å². The minimum Gasteiger partial charge on any atom is -0.360 e. The van der Waals surface area contributed by atoms with Gasteiger partial charge in [-0.15, -0.1) is 0 Å². The molecular formula is C19H33N3O4S. The molecule has 1 heterocycles. The largest absolute Gasteiger partial charge is 0.360 e. The van der Waals surface area contributed by atoms with Gasteiger partial charge in [-0.3, -0.25) is 4.79 Å². The van der Waals surface area contributed by atoms with Gasteiger partial charge in [-0.2, -0.15) is 4.72 Å². The van der Waals surface area contributed by atoms with Gasteiger partial charge in [0, 0.05) is 6.04 Å². The molecule has 8 heteroatoms. The summed E-state index contributed by atoms with van der Waals surface area (Å²) in [6.45, 7) is 11.5. The van der Waals surface area contributed by atoms with Crippen molar-refractivity contribution in [3.05, 3.63) is 11.5 Å². The van der Waals surface area contributed by atoms with E-state index in [4.69, 9.17) is 4.52 Å². The molecule has 0 spiro atoms. The second kappa shape index (κ2) is 8.31. The zero-order valence-electron chi connectivity index (χ0n) is 17.3. The van der Waals surface area contributed by atoms with Crippen LogP contribution in [0.4, 0.5) is 0 Å². The van der Waals surface area contributed by atoms with Gasteiger partial charge >= 0.3 is 0 Å². The second-order valence-electron chi connectivity index (χ2n) is 8.40. The average Bonchev–Trinajstić information content (AvgIpc) is 2.94.